The Bertz CT molecular complexity index is 1330. The third-order valence-corrected chi connectivity index (χ3v) is 6.99. The van der Waals surface area contributed by atoms with E-state index in [0.717, 1.165) is 41.3 Å². The number of imidazole rings is 1. The second kappa shape index (κ2) is 7.23. The summed E-state index contributed by atoms with van der Waals surface area (Å²) in [6.07, 6.45) is 5.09. The van der Waals surface area contributed by atoms with Gasteiger partial charge in [0.15, 0.2) is 5.78 Å². The lowest BCUT2D eigenvalue weighted by molar-refractivity contribution is -0.121. The van der Waals surface area contributed by atoms with E-state index < -0.39 is 5.41 Å². The Kier molecular flexibility index (Phi) is 4.59. The Morgan fingerprint density at radius 3 is 2.81 bits per heavy atom. The largest absolute Gasteiger partial charge is 0.308 e. The first kappa shape index (κ1) is 20.3. The van der Waals surface area contributed by atoms with E-state index in [-0.39, 0.29) is 29.1 Å². The number of nitrogens with zero attached hydrogens (tertiary/aromatic N) is 4. The minimum absolute atomic E-state index is 0.0656. The number of benzene rings is 1. The summed E-state index contributed by atoms with van der Waals surface area (Å²) < 4.78 is 16.2. The zero-order chi connectivity index (χ0) is 22.6. The van der Waals surface area contributed by atoms with Gasteiger partial charge in [-0.3, -0.25) is 9.55 Å². The molecule has 0 unspecified atom stereocenters. The fraction of sp³-hybridized carbons (Fsp3) is 0.308. The molecule has 3 atom stereocenters. The van der Waals surface area contributed by atoms with Crippen molar-refractivity contribution < 1.29 is 9.18 Å². The molecule has 32 heavy (non-hydrogen) atoms. The summed E-state index contributed by atoms with van der Waals surface area (Å²) in [7, 11) is 0. The average Bonchev–Trinajstić information content (AvgIpc) is 3.17. The summed E-state index contributed by atoms with van der Waals surface area (Å²) in [4.78, 5) is 25.6. The minimum Gasteiger partial charge on any atom is -0.308 e. The van der Waals surface area contributed by atoms with Gasteiger partial charge in [-0.05, 0) is 56.0 Å². The van der Waals surface area contributed by atoms with Gasteiger partial charge in [0, 0.05) is 34.5 Å². The summed E-state index contributed by atoms with van der Waals surface area (Å²) >= 11 is 0. The highest BCUT2D eigenvalue weighted by Crippen LogP contribution is 2.51. The molecule has 0 spiro atoms. The van der Waals surface area contributed by atoms with Crippen LogP contribution in [-0.2, 0) is 16.6 Å². The molecule has 2 heterocycles. The van der Waals surface area contributed by atoms with Crippen molar-refractivity contribution in [2.75, 3.05) is 0 Å². The van der Waals surface area contributed by atoms with Crippen molar-refractivity contribution >= 4 is 5.78 Å². The first-order chi connectivity index (χ1) is 15.3. The van der Waals surface area contributed by atoms with Crippen LogP contribution in [0.15, 0.2) is 54.4 Å². The highest BCUT2D eigenvalue weighted by molar-refractivity contribution is 6.00. The standard InChI is InChI=1S/C26H23FN4O/c1-15-12-17(10-11-29-15)25-30-24-22(31(25)19-7-5-6-18(27)13-19)9-8-20-16(2)23(32)21(28-4)14-26(20,24)3/h5-7,10-14,16,20H,8-9H2,1-3H3/t16-,20-,26-/m1/s1. The molecule has 2 aromatic heterocycles. The van der Waals surface area contributed by atoms with Gasteiger partial charge in [0.25, 0.3) is 0 Å². The van der Waals surface area contributed by atoms with Crippen LogP contribution >= 0.6 is 0 Å². The SMILES string of the molecule is [C-]#[N+]C1=C[C@@]2(C)c3nc(-c4ccnc(C)c4)n(-c4cccc(F)c4)c3CC[C@@H]2[C@@H](C)C1=O. The van der Waals surface area contributed by atoms with Crippen LogP contribution in [0.5, 0.6) is 0 Å². The first-order valence-electron chi connectivity index (χ1n) is 10.8. The number of carbonyl (C=O) groups is 1. The Hall–Kier alpha value is -3.59. The monoisotopic (exact) mass is 426 g/mol. The Morgan fingerprint density at radius 2 is 2.09 bits per heavy atom. The van der Waals surface area contributed by atoms with Gasteiger partial charge in [-0.2, -0.15) is 0 Å². The van der Waals surface area contributed by atoms with E-state index >= 15 is 0 Å². The maximum atomic E-state index is 14.2. The molecule has 0 aliphatic heterocycles. The molecule has 2 aliphatic rings. The number of allylic oxidation sites excluding steroid dienone is 2. The predicted molar refractivity (Wildman–Crippen MR) is 120 cm³/mol. The van der Waals surface area contributed by atoms with Crippen LogP contribution in [0.4, 0.5) is 4.39 Å². The van der Waals surface area contributed by atoms with Crippen molar-refractivity contribution in [2.24, 2.45) is 11.8 Å². The van der Waals surface area contributed by atoms with Crippen LogP contribution in [0.2, 0.25) is 0 Å². The topological polar surface area (TPSA) is 52.1 Å². The lowest BCUT2D eigenvalue weighted by atomic mass is 9.59. The number of aromatic nitrogens is 3. The third-order valence-electron chi connectivity index (χ3n) is 6.99. The number of halogens is 1. The van der Waals surface area contributed by atoms with Gasteiger partial charge in [-0.15, -0.1) is 0 Å². The zero-order valence-electron chi connectivity index (χ0n) is 18.3. The summed E-state index contributed by atoms with van der Waals surface area (Å²) in [5.41, 5.74) is 3.97. The second-order valence-corrected chi connectivity index (χ2v) is 8.95. The lowest BCUT2D eigenvalue weighted by Gasteiger charge is -2.44. The fourth-order valence-corrected chi connectivity index (χ4v) is 5.46. The summed E-state index contributed by atoms with van der Waals surface area (Å²) in [5.74, 6) is 0.147. The molecule has 1 aromatic carbocycles. The predicted octanol–water partition coefficient (Wildman–Crippen LogP) is 5.22. The van der Waals surface area contributed by atoms with Crippen molar-refractivity contribution in [1.82, 2.24) is 14.5 Å². The number of carbonyl (C=O) groups excluding carboxylic acids is 1. The van der Waals surface area contributed by atoms with E-state index in [2.05, 4.69) is 16.8 Å². The highest BCUT2D eigenvalue weighted by Gasteiger charge is 2.50. The molecule has 5 rings (SSSR count). The van der Waals surface area contributed by atoms with Crippen molar-refractivity contribution in [3.05, 3.63) is 88.7 Å². The molecule has 3 aromatic rings. The lowest BCUT2D eigenvalue weighted by Crippen LogP contribution is -2.45. The number of hydrogen-bond acceptors (Lipinski definition) is 3. The van der Waals surface area contributed by atoms with Crippen LogP contribution in [0, 0.1) is 31.1 Å². The van der Waals surface area contributed by atoms with Gasteiger partial charge >= 0.3 is 0 Å². The fourth-order valence-electron chi connectivity index (χ4n) is 5.46. The Balaban J connectivity index is 1.82. The molecule has 5 nitrogen and oxygen atoms in total. The maximum Gasteiger partial charge on any atom is 0.226 e. The second-order valence-electron chi connectivity index (χ2n) is 8.95. The quantitative estimate of drug-likeness (QED) is 0.528. The van der Waals surface area contributed by atoms with E-state index in [1.807, 2.05) is 42.7 Å². The van der Waals surface area contributed by atoms with E-state index in [4.69, 9.17) is 11.6 Å². The molecular weight excluding hydrogens is 403 g/mol. The van der Waals surface area contributed by atoms with E-state index in [1.165, 1.54) is 12.1 Å². The van der Waals surface area contributed by atoms with Crippen molar-refractivity contribution in [3.8, 4) is 17.1 Å². The van der Waals surface area contributed by atoms with Gasteiger partial charge in [-0.1, -0.05) is 26.0 Å². The average molecular weight is 426 g/mol. The first-order valence-corrected chi connectivity index (χ1v) is 10.8. The molecule has 0 N–H and O–H groups in total. The van der Waals surface area contributed by atoms with Gasteiger partial charge < -0.3 is 4.79 Å². The van der Waals surface area contributed by atoms with Crippen LogP contribution in [0.1, 0.15) is 37.4 Å². The van der Waals surface area contributed by atoms with E-state index in [1.54, 1.807) is 12.3 Å². The number of ketones is 1. The van der Waals surface area contributed by atoms with Gasteiger partial charge in [0.2, 0.25) is 5.70 Å². The minimum atomic E-state index is -0.545. The Morgan fingerprint density at radius 1 is 1.28 bits per heavy atom. The van der Waals surface area contributed by atoms with Crippen molar-refractivity contribution in [2.45, 2.75) is 39.0 Å². The summed E-state index contributed by atoms with van der Waals surface area (Å²) in [5, 5.41) is 0. The number of fused-ring (bicyclic) bond motifs is 3. The molecule has 0 amide bonds. The Labute approximate surface area is 186 Å². The van der Waals surface area contributed by atoms with Crippen molar-refractivity contribution in [3.63, 3.8) is 0 Å². The zero-order valence-corrected chi connectivity index (χ0v) is 18.3. The maximum absolute atomic E-state index is 14.2. The van der Waals surface area contributed by atoms with Gasteiger partial charge in [0.1, 0.15) is 11.6 Å². The molecule has 0 bridgehead atoms. The molecule has 0 radical (unpaired) electrons. The number of pyridine rings is 1. The van der Waals surface area contributed by atoms with Crippen molar-refractivity contribution in [1.29, 1.82) is 0 Å². The molecule has 0 saturated heterocycles. The van der Waals surface area contributed by atoms with E-state index in [9.17, 15) is 9.18 Å². The van der Waals surface area contributed by atoms with Gasteiger partial charge in [-0.25, -0.2) is 14.2 Å². The number of rotatable bonds is 2. The molecule has 2 aliphatic carbocycles. The molecular formula is C26H23FN4O. The van der Waals surface area contributed by atoms with Crippen LogP contribution in [-0.4, -0.2) is 20.3 Å². The molecule has 6 heteroatoms. The molecule has 160 valence electrons. The summed E-state index contributed by atoms with van der Waals surface area (Å²) in [6, 6.07) is 10.4. The normalized spacial score (nSPS) is 24.3. The van der Waals surface area contributed by atoms with Gasteiger partial charge in [0.05, 0.1) is 18.0 Å². The van der Waals surface area contributed by atoms with E-state index in [0.29, 0.717) is 5.69 Å². The summed E-state index contributed by atoms with van der Waals surface area (Å²) in [6.45, 7) is 13.4. The smallest absolute Gasteiger partial charge is 0.226 e. The highest BCUT2D eigenvalue weighted by atomic mass is 19.1. The molecule has 0 saturated carbocycles. The number of aryl methyl sites for hydroxylation is 1. The number of Topliss-reactive ketones (excluding diaryl/α,β-unsaturated/α-hetero) is 1. The molecule has 0 fully saturated rings. The van der Waals surface area contributed by atoms with Crippen LogP contribution in [0.25, 0.3) is 21.9 Å². The third kappa shape index (κ3) is 2.92. The van der Waals surface area contributed by atoms with Crippen LogP contribution in [0.3, 0.4) is 0 Å². The van der Waals surface area contributed by atoms with Crippen LogP contribution < -0.4 is 0 Å². The number of hydrogen-bond donors (Lipinski definition) is 0.